The van der Waals surface area contributed by atoms with Gasteiger partial charge in [0.05, 0.1) is 25.7 Å². The molecule has 0 aromatic heterocycles. The lowest BCUT2D eigenvalue weighted by Gasteiger charge is -2.33. The van der Waals surface area contributed by atoms with Crippen molar-refractivity contribution >= 4 is 62.3 Å². The Balaban J connectivity index is 2.08. The molecule has 0 aliphatic rings. The Hall–Kier alpha value is -2.78. The molecule has 1 atom stereocenters. The third-order valence-corrected chi connectivity index (χ3v) is 8.72. The lowest BCUT2D eigenvalue weighted by Crippen LogP contribution is -2.53. The molecule has 39 heavy (non-hydrogen) atoms. The SMILES string of the molecule is CC[C@@H](C(=O)NC(C)C)N(Cc1ccc(Cl)c(Cl)c1)C(=O)CN(c1ccccc1Cl)S(=O)(=O)c1ccccc1. The van der Waals surface area contributed by atoms with Crippen LogP contribution in [0.25, 0.3) is 0 Å². The third-order valence-electron chi connectivity index (χ3n) is 5.88. The van der Waals surface area contributed by atoms with E-state index in [1.54, 1.807) is 61.5 Å². The van der Waals surface area contributed by atoms with Crippen molar-refractivity contribution < 1.29 is 18.0 Å². The number of amides is 2. The number of carbonyl (C=O) groups excluding carboxylic acids is 2. The van der Waals surface area contributed by atoms with Gasteiger partial charge in [-0.05, 0) is 62.2 Å². The fourth-order valence-electron chi connectivity index (χ4n) is 4.02. The molecule has 0 unspecified atom stereocenters. The smallest absolute Gasteiger partial charge is 0.264 e. The first-order chi connectivity index (χ1) is 18.4. The first-order valence-electron chi connectivity index (χ1n) is 12.3. The molecule has 0 fully saturated rings. The van der Waals surface area contributed by atoms with Crippen LogP contribution in [0.4, 0.5) is 5.69 Å². The van der Waals surface area contributed by atoms with Crippen LogP contribution in [-0.4, -0.2) is 43.8 Å². The van der Waals surface area contributed by atoms with Gasteiger partial charge in [-0.1, -0.05) is 78.1 Å². The van der Waals surface area contributed by atoms with Gasteiger partial charge in [-0.25, -0.2) is 8.42 Å². The number of anilines is 1. The van der Waals surface area contributed by atoms with Crippen molar-refractivity contribution in [3.05, 3.63) is 93.4 Å². The molecule has 0 spiro atoms. The second-order valence-electron chi connectivity index (χ2n) is 9.13. The number of para-hydroxylation sites is 1. The van der Waals surface area contributed by atoms with Crippen molar-refractivity contribution in [2.24, 2.45) is 0 Å². The van der Waals surface area contributed by atoms with Gasteiger partial charge < -0.3 is 10.2 Å². The van der Waals surface area contributed by atoms with Crippen LogP contribution in [0.15, 0.2) is 77.7 Å². The van der Waals surface area contributed by atoms with E-state index in [1.165, 1.54) is 23.1 Å². The molecular formula is C28H30Cl3N3O4S. The predicted molar refractivity (Wildman–Crippen MR) is 157 cm³/mol. The van der Waals surface area contributed by atoms with Crippen LogP contribution in [0, 0.1) is 0 Å². The maximum Gasteiger partial charge on any atom is 0.264 e. The summed E-state index contributed by atoms with van der Waals surface area (Å²) in [4.78, 5) is 28.5. The molecule has 208 valence electrons. The molecule has 11 heteroatoms. The zero-order valence-electron chi connectivity index (χ0n) is 21.8. The van der Waals surface area contributed by atoms with Crippen LogP contribution in [0.2, 0.25) is 15.1 Å². The summed E-state index contributed by atoms with van der Waals surface area (Å²) < 4.78 is 28.5. The molecule has 0 saturated carbocycles. The summed E-state index contributed by atoms with van der Waals surface area (Å²) in [6.07, 6.45) is 0.295. The van der Waals surface area contributed by atoms with Crippen molar-refractivity contribution in [2.45, 2.75) is 50.7 Å². The Morgan fingerprint density at radius 3 is 2.10 bits per heavy atom. The second kappa shape index (κ2) is 13.5. The molecule has 0 heterocycles. The summed E-state index contributed by atoms with van der Waals surface area (Å²) in [7, 11) is -4.20. The van der Waals surface area contributed by atoms with Crippen LogP contribution in [0.1, 0.15) is 32.8 Å². The molecule has 2 amide bonds. The summed E-state index contributed by atoms with van der Waals surface area (Å²) in [6.45, 7) is 4.84. The van der Waals surface area contributed by atoms with Gasteiger partial charge in [-0.2, -0.15) is 0 Å². The van der Waals surface area contributed by atoms with E-state index in [-0.39, 0.29) is 34.1 Å². The van der Waals surface area contributed by atoms with E-state index < -0.39 is 28.5 Å². The van der Waals surface area contributed by atoms with Crippen LogP contribution in [0.3, 0.4) is 0 Å². The molecule has 3 aromatic carbocycles. The van der Waals surface area contributed by atoms with E-state index in [2.05, 4.69) is 5.32 Å². The predicted octanol–water partition coefficient (Wildman–Crippen LogP) is 6.17. The molecule has 7 nitrogen and oxygen atoms in total. The first-order valence-corrected chi connectivity index (χ1v) is 14.9. The van der Waals surface area contributed by atoms with Crippen LogP contribution in [-0.2, 0) is 26.2 Å². The van der Waals surface area contributed by atoms with E-state index in [0.717, 1.165) is 4.31 Å². The van der Waals surface area contributed by atoms with Crippen molar-refractivity contribution in [1.29, 1.82) is 0 Å². The van der Waals surface area contributed by atoms with Gasteiger partial charge >= 0.3 is 0 Å². The molecule has 3 rings (SSSR count). The zero-order chi connectivity index (χ0) is 28.7. The van der Waals surface area contributed by atoms with E-state index in [0.29, 0.717) is 22.0 Å². The molecule has 1 N–H and O–H groups in total. The number of sulfonamides is 1. The highest BCUT2D eigenvalue weighted by molar-refractivity contribution is 7.92. The van der Waals surface area contributed by atoms with E-state index in [1.807, 2.05) is 13.8 Å². The van der Waals surface area contributed by atoms with Crippen LogP contribution < -0.4 is 9.62 Å². The summed E-state index contributed by atoms with van der Waals surface area (Å²) in [5.74, 6) is -0.942. The van der Waals surface area contributed by atoms with Gasteiger partial charge in [0.25, 0.3) is 10.0 Å². The average molecular weight is 611 g/mol. The van der Waals surface area contributed by atoms with Crippen LogP contribution >= 0.6 is 34.8 Å². The van der Waals surface area contributed by atoms with Crippen molar-refractivity contribution in [3.63, 3.8) is 0 Å². The summed E-state index contributed by atoms with van der Waals surface area (Å²) in [5.41, 5.74) is 0.772. The van der Waals surface area contributed by atoms with Crippen molar-refractivity contribution in [3.8, 4) is 0 Å². The fourth-order valence-corrected chi connectivity index (χ4v) is 6.08. The molecule has 0 saturated heterocycles. The Morgan fingerprint density at radius 1 is 0.872 bits per heavy atom. The van der Waals surface area contributed by atoms with Gasteiger partial charge in [0.15, 0.2) is 0 Å². The highest BCUT2D eigenvalue weighted by Gasteiger charge is 2.34. The number of carbonyl (C=O) groups is 2. The van der Waals surface area contributed by atoms with Gasteiger partial charge in [0.2, 0.25) is 11.8 Å². The number of benzene rings is 3. The number of nitrogens with zero attached hydrogens (tertiary/aromatic N) is 2. The number of halogens is 3. The summed E-state index contributed by atoms with van der Waals surface area (Å²) in [6, 6.07) is 18.1. The third kappa shape index (κ3) is 7.66. The molecule has 0 radical (unpaired) electrons. The summed E-state index contributed by atoms with van der Waals surface area (Å²) in [5, 5.41) is 3.66. The van der Waals surface area contributed by atoms with E-state index >= 15 is 0 Å². The minimum absolute atomic E-state index is 0.00148. The van der Waals surface area contributed by atoms with Gasteiger partial charge in [0, 0.05) is 12.6 Å². The van der Waals surface area contributed by atoms with Crippen molar-refractivity contribution in [1.82, 2.24) is 10.2 Å². The number of nitrogens with one attached hydrogen (secondary N) is 1. The summed E-state index contributed by atoms with van der Waals surface area (Å²) >= 11 is 18.7. The number of hydrogen-bond acceptors (Lipinski definition) is 4. The van der Waals surface area contributed by atoms with E-state index in [9.17, 15) is 18.0 Å². The number of hydrogen-bond donors (Lipinski definition) is 1. The largest absolute Gasteiger partial charge is 0.352 e. The zero-order valence-corrected chi connectivity index (χ0v) is 24.9. The quantitative estimate of drug-likeness (QED) is 0.281. The number of rotatable bonds is 11. The monoisotopic (exact) mass is 609 g/mol. The first kappa shape index (κ1) is 30.8. The molecule has 0 aliphatic carbocycles. The van der Waals surface area contributed by atoms with Gasteiger partial charge in [-0.15, -0.1) is 0 Å². The molecular weight excluding hydrogens is 581 g/mol. The van der Waals surface area contributed by atoms with Gasteiger partial charge in [0.1, 0.15) is 12.6 Å². The Labute approximate surface area is 244 Å². The Morgan fingerprint density at radius 2 is 1.51 bits per heavy atom. The highest BCUT2D eigenvalue weighted by atomic mass is 35.5. The normalized spacial score (nSPS) is 12.2. The highest BCUT2D eigenvalue weighted by Crippen LogP contribution is 2.31. The fraction of sp³-hybridized carbons (Fsp3) is 0.286. The molecule has 3 aromatic rings. The van der Waals surface area contributed by atoms with Gasteiger partial charge in [-0.3, -0.25) is 13.9 Å². The average Bonchev–Trinajstić information content (AvgIpc) is 2.89. The molecule has 0 bridgehead atoms. The van der Waals surface area contributed by atoms with Crippen molar-refractivity contribution in [2.75, 3.05) is 10.8 Å². The lowest BCUT2D eigenvalue weighted by molar-refractivity contribution is -0.140. The Kier molecular flexibility index (Phi) is 10.7. The second-order valence-corrected chi connectivity index (χ2v) is 12.2. The van der Waals surface area contributed by atoms with Crippen LogP contribution in [0.5, 0.6) is 0 Å². The maximum absolute atomic E-state index is 14.0. The standard InChI is InChI=1S/C28H30Cl3N3O4S/c1-4-25(28(36)32-19(2)3)33(17-20-14-15-22(29)24(31)16-20)27(35)18-34(26-13-9-8-12-23(26)30)39(37,38)21-10-6-5-7-11-21/h5-16,19,25H,4,17-18H2,1-3H3,(H,32,36)/t25-/m0/s1. The Bertz CT molecular complexity index is 1420. The molecule has 0 aliphatic heterocycles. The minimum atomic E-state index is -4.20. The van der Waals surface area contributed by atoms with E-state index in [4.69, 9.17) is 34.8 Å². The minimum Gasteiger partial charge on any atom is -0.352 e. The maximum atomic E-state index is 14.0. The lowest BCUT2D eigenvalue weighted by atomic mass is 10.1. The topological polar surface area (TPSA) is 86.8 Å².